The highest BCUT2D eigenvalue weighted by Crippen LogP contribution is 2.42. The molecule has 14 heteroatoms. The molecule has 42 heavy (non-hydrogen) atoms. The summed E-state index contributed by atoms with van der Waals surface area (Å²) in [6, 6.07) is 8.25. The molecule has 236 valence electrons. The van der Waals surface area contributed by atoms with Crippen LogP contribution in [0.2, 0.25) is 5.02 Å². The van der Waals surface area contributed by atoms with Gasteiger partial charge in [-0.2, -0.15) is 13.2 Å². The standard InChI is InChI=1S/C28H38ClF3NO7PS/c1-6-12-27(14-15-41(35,36)37,33-25(34)40-26(2,3)4)13-11-19-7-9-21(17-22(19)29)42-24-16-20(28(30,31)32)8-10-23(24)39-18-38-5/h7-10,16-17H,6,11-15,18H2,1-5H3,(H,33,34)(H2,35,36,37)/t27-/m0/s1. The van der Waals surface area contributed by atoms with Crippen molar-refractivity contribution in [2.24, 2.45) is 0 Å². The van der Waals surface area contributed by atoms with Crippen LogP contribution < -0.4 is 10.1 Å². The van der Waals surface area contributed by atoms with Gasteiger partial charge >= 0.3 is 19.9 Å². The second-order valence-electron chi connectivity index (χ2n) is 10.9. The number of halogens is 4. The number of carbonyl (C=O) groups excluding carboxylic acids is 1. The number of benzene rings is 2. The molecule has 0 aromatic heterocycles. The summed E-state index contributed by atoms with van der Waals surface area (Å²) in [7, 11) is -2.95. The number of methoxy groups -OCH3 is 1. The molecule has 0 spiro atoms. The first-order valence-electron chi connectivity index (χ1n) is 13.2. The van der Waals surface area contributed by atoms with Gasteiger partial charge in [0.15, 0.2) is 6.79 Å². The number of alkyl carbamates (subject to hydrolysis) is 1. The lowest BCUT2D eigenvalue weighted by molar-refractivity contribution is -0.137. The van der Waals surface area contributed by atoms with Crippen LogP contribution in [0.25, 0.3) is 0 Å². The lowest BCUT2D eigenvalue weighted by Gasteiger charge is -2.36. The summed E-state index contributed by atoms with van der Waals surface area (Å²) in [6.45, 7) is 6.91. The smallest absolute Gasteiger partial charge is 0.416 e. The minimum atomic E-state index is -4.53. The number of hydrogen-bond acceptors (Lipinski definition) is 6. The minimum Gasteiger partial charge on any atom is -0.466 e. The predicted molar refractivity (Wildman–Crippen MR) is 156 cm³/mol. The van der Waals surface area contributed by atoms with Crippen LogP contribution in [0.1, 0.15) is 64.5 Å². The monoisotopic (exact) mass is 655 g/mol. The highest BCUT2D eigenvalue weighted by molar-refractivity contribution is 7.99. The van der Waals surface area contributed by atoms with Crippen molar-refractivity contribution in [3.63, 3.8) is 0 Å². The molecule has 0 aliphatic rings. The van der Waals surface area contributed by atoms with Crippen molar-refractivity contribution in [3.05, 3.63) is 52.5 Å². The van der Waals surface area contributed by atoms with Crippen molar-refractivity contribution in [3.8, 4) is 5.75 Å². The Kier molecular flexibility index (Phi) is 13.1. The predicted octanol–water partition coefficient (Wildman–Crippen LogP) is 8.06. The van der Waals surface area contributed by atoms with Gasteiger partial charge in [0.2, 0.25) is 0 Å². The van der Waals surface area contributed by atoms with Crippen molar-refractivity contribution in [1.82, 2.24) is 5.32 Å². The van der Waals surface area contributed by atoms with Crippen LogP contribution in [0.4, 0.5) is 18.0 Å². The van der Waals surface area contributed by atoms with Crippen LogP contribution >= 0.6 is 31.0 Å². The van der Waals surface area contributed by atoms with E-state index in [2.05, 4.69) is 5.32 Å². The van der Waals surface area contributed by atoms with Gasteiger partial charge in [0.25, 0.3) is 0 Å². The van der Waals surface area contributed by atoms with Gasteiger partial charge in [-0.15, -0.1) is 0 Å². The van der Waals surface area contributed by atoms with E-state index in [1.807, 2.05) is 6.92 Å². The van der Waals surface area contributed by atoms with Gasteiger partial charge in [0, 0.05) is 22.6 Å². The van der Waals surface area contributed by atoms with Crippen molar-refractivity contribution >= 4 is 37.1 Å². The topological polar surface area (TPSA) is 114 Å². The van der Waals surface area contributed by atoms with E-state index in [0.29, 0.717) is 41.2 Å². The van der Waals surface area contributed by atoms with Crippen molar-refractivity contribution in [2.75, 3.05) is 20.1 Å². The highest BCUT2D eigenvalue weighted by Gasteiger charge is 2.35. The number of hydrogen-bond donors (Lipinski definition) is 3. The summed E-state index contributed by atoms with van der Waals surface area (Å²) in [5.74, 6) is 0.220. The molecule has 0 aliphatic carbocycles. The molecule has 0 aliphatic heterocycles. The SMILES string of the molecule is CCC[C@](CCc1ccc(Sc2cc(C(F)(F)F)ccc2OCOC)cc1Cl)(CCP(=O)(O)O)NC(=O)OC(C)(C)C. The zero-order chi connectivity index (χ0) is 31.8. The molecule has 0 saturated heterocycles. The lowest BCUT2D eigenvalue weighted by Crippen LogP contribution is -2.51. The molecule has 0 fully saturated rings. The maximum absolute atomic E-state index is 13.4. The van der Waals surface area contributed by atoms with E-state index < -0.39 is 42.7 Å². The number of alkyl halides is 3. The first kappa shape index (κ1) is 36.2. The third-order valence-corrected chi connectivity index (χ3v) is 8.29. The van der Waals surface area contributed by atoms with E-state index in [1.54, 1.807) is 39.0 Å². The van der Waals surface area contributed by atoms with Crippen molar-refractivity contribution < 1.29 is 46.5 Å². The molecule has 8 nitrogen and oxygen atoms in total. The van der Waals surface area contributed by atoms with Gasteiger partial charge in [0.05, 0.1) is 16.6 Å². The normalized spacial score (nSPS) is 13.9. The average molecular weight is 656 g/mol. The molecule has 0 heterocycles. The minimum absolute atomic E-state index is 0.0235. The fourth-order valence-corrected chi connectivity index (χ4v) is 6.26. The lowest BCUT2D eigenvalue weighted by atomic mass is 9.84. The molecule has 0 saturated carbocycles. The van der Waals surface area contributed by atoms with Gasteiger partial charge in [-0.25, -0.2) is 4.79 Å². The molecule has 0 unspecified atom stereocenters. The van der Waals surface area contributed by atoms with E-state index >= 15 is 0 Å². The summed E-state index contributed by atoms with van der Waals surface area (Å²) in [6.07, 6.45) is -3.88. The van der Waals surface area contributed by atoms with Gasteiger partial charge < -0.3 is 29.3 Å². The Morgan fingerprint density at radius 3 is 2.31 bits per heavy atom. The van der Waals surface area contributed by atoms with Crippen LogP contribution in [0.3, 0.4) is 0 Å². The van der Waals surface area contributed by atoms with Crippen LogP contribution in [-0.2, 0) is 26.6 Å². The maximum atomic E-state index is 13.4. The quantitative estimate of drug-likeness (QED) is 0.138. The summed E-state index contributed by atoms with van der Waals surface area (Å²) in [5.41, 5.74) is -1.86. The number of aryl methyl sites for hydroxylation is 1. The Balaban J connectivity index is 2.31. The van der Waals surface area contributed by atoms with E-state index in [1.165, 1.54) is 13.2 Å². The molecule has 2 aromatic carbocycles. The summed E-state index contributed by atoms with van der Waals surface area (Å²) in [5, 5.41) is 3.22. The van der Waals surface area contributed by atoms with Gasteiger partial charge in [-0.3, -0.25) is 4.57 Å². The third-order valence-electron chi connectivity index (χ3n) is 6.10. The second kappa shape index (κ2) is 15.2. The molecular weight excluding hydrogens is 618 g/mol. The second-order valence-corrected chi connectivity index (χ2v) is 14.2. The highest BCUT2D eigenvalue weighted by atomic mass is 35.5. The fourth-order valence-electron chi connectivity index (χ4n) is 4.22. The summed E-state index contributed by atoms with van der Waals surface area (Å²) in [4.78, 5) is 32.6. The first-order valence-corrected chi connectivity index (χ1v) is 16.2. The van der Waals surface area contributed by atoms with Crippen molar-refractivity contribution in [2.45, 2.75) is 86.9 Å². The van der Waals surface area contributed by atoms with Crippen LogP contribution in [-0.4, -0.2) is 47.1 Å². The van der Waals surface area contributed by atoms with Gasteiger partial charge in [-0.1, -0.05) is 42.8 Å². The Morgan fingerprint density at radius 1 is 1.07 bits per heavy atom. The van der Waals surface area contributed by atoms with E-state index in [4.69, 9.17) is 25.8 Å². The first-order chi connectivity index (χ1) is 19.4. The molecule has 1 amide bonds. The molecular formula is C28H38ClF3NO7PS. The Morgan fingerprint density at radius 2 is 1.76 bits per heavy atom. The molecule has 2 aromatic rings. The number of nitrogens with one attached hydrogen (secondary N) is 1. The van der Waals surface area contributed by atoms with E-state index in [-0.39, 0.29) is 23.9 Å². The largest absolute Gasteiger partial charge is 0.466 e. The zero-order valence-corrected chi connectivity index (χ0v) is 26.7. The van der Waals surface area contributed by atoms with E-state index in [9.17, 15) is 32.3 Å². The Bertz CT molecular complexity index is 1250. The zero-order valence-electron chi connectivity index (χ0n) is 24.2. The van der Waals surface area contributed by atoms with Crippen LogP contribution in [0.15, 0.2) is 46.2 Å². The Labute approximate surface area is 253 Å². The maximum Gasteiger partial charge on any atom is 0.416 e. The number of amides is 1. The Hall–Kier alpha value is -1.95. The number of rotatable bonds is 14. The molecule has 0 radical (unpaired) electrons. The number of carbonyl (C=O) groups is 1. The van der Waals surface area contributed by atoms with Crippen LogP contribution in [0.5, 0.6) is 5.75 Å². The average Bonchev–Trinajstić information content (AvgIpc) is 2.84. The molecule has 0 bridgehead atoms. The van der Waals surface area contributed by atoms with Gasteiger partial charge in [-0.05, 0) is 82.3 Å². The molecule has 1 atom stereocenters. The van der Waals surface area contributed by atoms with Gasteiger partial charge in [0.1, 0.15) is 11.4 Å². The third kappa shape index (κ3) is 12.3. The summed E-state index contributed by atoms with van der Waals surface area (Å²) >= 11 is 7.64. The van der Waals surface area contributed by atoms with Crippen LogP contribution in [0, 0.1) is 0 Å². The van der Waals surface area contributed by atoms with E-state index in [0.717, 1.165) is 23.9 Å². The molecule has 3 N–H and O–H groups in total. The fraction of sp³-hybridized carbons (Fsp3) is 0.536. The number of ether oxygens (including phenoxy) is 3. The van der Waals surface area contributed by atoms with Crippen molar-refractivity contribution in [1.29, 1.82) is 0 Å². The summed E-state index contributed by atoms with van der Waals surface area (Å²) < 4.78 is 67.5. The molecule has 2 rings (SSSR count).